The molecule has 0 atom stereocenters. The lowest BCUT2D eigenvalue weighted by Gasteiger charge is -2.23. The van der Waals surface area contributed by atoms with E-state index >= 15 is 0 Å². The molecule has 5 nitrogen and oxygen atoms in total. The predicted molar refractivity (Wildman–Crippen MR) is 144 cm³/mol. The second-order valence-corrected chi connectivity index (χ2v) is 9.17. The van der Waals surface area contributed by atoms with E-state index in [9.17, 15) is 10.2 Å². The second kappa shape index (κ2) is 17.2. The fraction of sp³-hybridized carbons (Fsp3) is 0.586. The zero-order valence-corrected chi connectivity index (χ0v) is 21.4. The summed E-state index contributed by atoms with van der Waals surface area (Å²) in [5.74, 6) is 0. The van der Waals surface area contributed by atoms with Gasteiger partial charge in [0.25, 0.3) is 0 Å². The third-order valence-electron chi connectivity index (χ3n) is 6.34. The van der Waals surface area contributed by atoms with Crippen LogP contribution in [0.15, 0.2) is 52.7 Å². The number of hydrogen-bond acceptors (Lipinski definition) is 5. The van der Waals surface area contributed by atoms with Gasteiger partial charge in [-0.15, -0.1) is 0 Å². The fourth-order valence-electron chi connectivity index (χ4n) is 4.29. The van der Waals surface area contributed by atoms with Gasteiger partial charge >= 0.3 is 0 Å². The number of benzene rings is 2. The van der Waals surface area contributed by atoms with E-state index in [4.69, 9.17) is 0 Å². The predicted octanol–water partition coefficient (Wildman–Crippen LogP) is 7.66. The third kappa shape index (κ3) is 10.4. The maximum Gasteiger partial charge on any atom is 0.0889 e. The number of aliphatic hydroxyl groups excluding tert-OH is 2. The number of unbranched alkanes of at least 4 members (excludes halogenated alkanes) is 9. The van der Waals surface area contributed by atoms with Crippen LogP contribution in [0.3, 0.4) is 0 Å². The Labute approximate surface area is 206 Å². The van der Waals surface area contributed by atoms with E-state index in [2.05, 4.69) is 29.3 Å². The molecule has 0 amide bonds. The minimum Gasteiger partial charge on any atom is -0.395 e. The van der Waals surface area contributed by atoms with Crippen molar-refractivity contribution in [1.29, 1.82) is 0 Å². The van der Waals surface area contributed by atoms with Crippen molar-refractivity contribution in [1.82, 2.24) is 0 Å². The summed E-state index contributed by atoms with van der Waals surface area (Å²) in [6, 6.07) is 14.3. The summed E-state index contributed by atoms with van der Waals surface area (Å²) < 4.78 is 0. The lowest BCUT2D eigenvalue weighted by atomic mass is 10.0. The minimum atomic E-state index is 0.0519. The summed E-state index contributed by atoms with van der Waals surface area (Å²) in [6.07, 6.45) is 14.5. The Kier molecular flexibility index (Phi) is 14.2. The Morgan fingerprint density at radius 3 is 1.91 bits per heavy atom. The van der Waals surface area contributed by atoms with Gasteiger partial charge in [0.1, 0.15) is 0 Å². The molecule has 0 saturated carbocycles. The molecule has 5 heteroatoms. The van der Waals surface area contributed by atoms with Crippen LogP contribution in [0.4, 0.5) is 17.1 Å². The number of hydrogen-bond donors (Lipinski definition) is 2. The second-order valence-electron chi connectivity index (χ2n) is 9.17. The molecule has 0 aromatic heterocycles. The minimum absolute atomic E-state index is 0.0519. The van der Waals surface area contributed by atoms with Crippen LogP contribution < -0.4 is 4.90 Å². The molecule has 0 aliphatic rings. The first-order valence-corrected chi connectivity index (χ1v) is 13.3. The van der Waals surface area contributed by atoms with Crippen LogP contribution in [-0.4, -0.2) is 36.5 Å². The molecule has 34 heavy (non-hydrogen) atoms. The van der Waals surface area contributed by atoms with Crippen molar-refractivity contribution in [2.75, 3.05) is 31.2 Å². The Morgan fingerprint density at radius 1 is 0.706 bits per heavy atom. The van der Waals surface area contributed by atoms with Gasteiger partial charge in [0.2, 0.25) is 0 Å². The van der Waals surface area contributed by atoms with Gasteiger partial charge in [-0.3, -0.25) is 0 Å². The van der Waals surface area contributed by atoms with E-state index in [1.165, 1.54) is 69.8 Å². The van der Waals surface area contributed by atoms with Crippen LogP contribution in [0, 0.1) is 6.92 Å². The zero-order valence-electron chi connectivity index (χ0n) is 21.4. The van der Waals surface area contributed by atoms with E-state index in [1.807, 2.05) is 42.2 Å². The van der Waals surface area contributed by atoms with Crippen LogP contribution in [0.1, 0.15) is 82.3 Å². The zero-order chi connectivity index (χ0) is 24.4. The highest BCUT2D eigenvalue weighted by Gasteiger charge is 2.08. The van der Waals surface area contributed by atoms with Crippen LogP contribution in [0.25, 0.3) is 0 Å². The van der Waals surface area contributed by atoms with Gasteiger partial charge in [-0.25, -0.2) is 0 Å². The number of aliphatic hydroxyl groups is 2. The number of aryl methyl sites for hydroxylation is 2. The molecule has 0 saturated heterocycles. The quantitative estimate of drug-likeness (QED) is 0.175. The summed E-state index contributed by atoms with van der Waals surface area (Å²) >= 11 is 0. The van der Waals surface area contributed by atoms with Crippen molar-refractivity contribution in [2.45, 2.75) is 84.5 Å². The van der Waals surface area contributed by atoms with Crippen molar-refractivity contribution < 1.29 is 10.2 Å². The highest BCUT2D eigenvalue weighted by Crippen LogP contribution is 2.28. The number of azo groups is 1. The van der Waals surface area contributed by atoms with Gasteiger partial charge in [-0.1, -0.05) is 82.9 Å². The monoisotopic (exact) mass is 467 g/mol. The first-order valence-electron chi connectivity index (χ1n) is 13.3. The highest BCUT2D eigenvalue weighted by molar-refractivity contribution is 5.58. The van der Waals surface area contributed by atoms with Crippen molar-refractivity contribution in [2.24, 2.45) is 10.2 Å². The molecule has 0 fully saturated rings. The van der Waals surface area contributed by atoms with Gasteiger partial charge in [-0.2, -0.15) is 10.2 Å². The van der Waals surface area contributed by atoms with Gasteiger partial charge in [0, 0.05) is 18.8 Å². The topological polar surface area (TPSA) is 68.4 Å². The molecular weight excluding hydrogens is 422 g/mol. The molecule has 0 bridgehead atoms. The average molecular weight is 468 g/mol. The van der Waals surface area contributed by atoms with Crippen LogP contribution in [0.2, 0.25) is 0 Å². The molecule has 2 N–H and O–H groups in total. The van der Waals surface area contributed by atoms with Crippen LogP contribution in [-0.2, 0) is 6.42 Å². The van der Waals surface area contributed by atoms with Crippen molar-refractivity contribution in [3.63, 3.8) is 0 Å². The summed E-state index contributed by atoms with van der Waals surface area (Å²) in [5.41, 5.74) is 5.04. The Hall–Kier alpha value is -2.24. The van der Waals surface area contributed by atoms with E-state index in [0.29, 0.717) is 13.1 Å². The summed E-state index contributed by atoms with van der Waals surface area (Å²) in [7, 11) is 0. The maximum absolute atomic E-state index is 9.28. The van der Waals surface area contributed by atoms with Crippen molar-refractivity contribution in [3.8, 4) is 0 Å². The van der Waals surface area contributed by atoms with Crippen molar-refractivity contribution >= 4 is 17.1 Å². The first kappa shape index (κ1) is 28.0. The Morgan fingerprint density at radius 2 is 1.29 bits per heavy atom. The molecule has 188 valence electrons. The van der Waals surface area contributed by atoms with Crippen LogP contribution in [0.5, 0.6) is 0 Å². The normalized spacial score (nSPS) is 11.4. The molecule has 0 unspecified atom stereocenters. The third-order valence-corrected chi connectivity index (χ3v) is 6.34. The summed E-state index contributed by atoms with van der Waals surface area (Å²) in [5, 5.41) is 27.7. The molecule has 0 heterocycles. The van der Waals surface area contributed by atoms with Crippen LogP contribution >= 0.6 is 0 Å². The molecular formula is C29H45N3O2. The summed E-state index contributed by atoms with van der Waals surface area (Å²) in [4.78, 5) is 1.97. The molecule has 2 aromatic carbocycles. The average Bonchev–Trinajstić information content (AvgIpc) is 2.85. The number of anilines is 1. The van der Waals surface area contributed by atoms with Gasteiger partial charge < -0.3 is 15.1 Å². The van der Waals surface area contributed by atoms with Gasteiger partial charge in [0.05, 0.1) is 24.6 Å². The number of rotatable bonds is 18. The summed E-state index contributed by atoms with van der Waals surface area (Å²) in [6.45, 7) is 5.38. The highest BCUT2D eigenvalue weighted by atomic mass is 16.3. The molecule has 0 spiro atoms. The molecule has 2 aromatic rings. The smallest absolute Gasteiger partial charge is 0.0889 e. The largest absolute Gasteiger partial charge is 0.395 e. The standard InChI is InChI=1S/C29H45N3O2/c1-3-4-5-6-7-8-9-10-11-12-15-26-16-13-14-17-29(26)31-30-28-19-18-27(24-25(28)2)32(20-22-33)21-23-34/h13-14,16-19,24,33-34H,3-12,15,20-23H2,1-2H3. The van der Waals surface area contributed by atoms with Gasteiger partial charge in [0.15, 0.2) is 0 Å². The lowest BCUT2D eigenvalue weighted by Crippen LogP contribution is -2.29. The van der Waals surface area contributed by atoms with Gasteiger partial charge in [-0.05, 0) is 55.2 Å². The SMILES string of the molecule is CCCCCCCCCCCCc1ccccc1N=Nc1ccc(N(CCO)CCO)cc1C. The lowest BCUT2D eigenvalue weighted by molar-refractivity contribution is 0.281. The van der Waals surface area contributed by atoms with Crippen molar-refractivity contribution in [3.05, 3.63) is 53.6 Å². The molecule has 0 aliphatic heterocycles. The first-order chi connectivity index (χ1) is 16.7. The molecule has 0 radical (unpaired) electrons. The molecule has 2 rings (SSSR count). The fourth-order valence-corrected chi connectivity index (χ4v) is 4.29. The number of nitrogens with zero attached hydrogens (tertiary/aromatic N) is 3. The Bertz CT molecular complexity index is 832. The van der Waals surface area contributed by atoms with E-state index in [-0.39, 0.29) is 13.2 Å². The maximum atomic E-state index is 9.28. The van der Waals surface area contributed by atoms with E-state index in [1.54, 1.807) is 0 Å². The van der Waals surface area contributed by atoms with E-state index in [0.717, 1.165) is 29.0 Å². The van der Waals surface area contributed by atoms with E-state index < -0.39 is 0 Å². The Balaban J connectivity index is 1.85. The molecule has 0 aliphatic carbocycles.